The number of hydrogen-bond acceptors (Lipinski definition) is 4. The number of likely N-dealkylation sites (tertiary alicyclic amines) is 1. The molecule has 0 aromatic heterocycles. The Bertz CT molecular complexity index is 575. The lowest BCUT2D eigenvalue weighted by Crippen LogP contribution is -2.36. The molecule has 1 aliphatic rings. The molecular formula is C14H20N2O3S. The minimum Gasteiger partial charge on any atom is -0.294 e. The van der Waals surface area contributed by atoms with Crippen LogP contribution in [0.4, 0.5) is 5.69 Å². The van der Waals surface area contributed by atoms with Gasteiger partial charge in [0.25, 0.3) is 0 Å². The van der Waals surface area contributed by atoms with Crippen molar-refractivity contribution in [3.63, 3.8) is 0 Å². The van der Waals surface area contributed by atoms with Crippen LogP contribution in [0.1, 0.15) is 30.1 Å². The number of anilines is 1. The van der Waals surface area contributed by atoms with Gasteiger partial charge < -0.3 is 0 Å². The smallest absolute Gasteiger partial charge is 0.229 e. The SMILES string of the molecule is CC(C(=O)c1ccc(NS(C)(=O)=O)cc1)N1CCCC1. The van der Waals surface area contributed by atoms with Crippen LogP contribution in [0.2, 0.25) is 0 Å². The van der Waals surface area contributed by atoms with E-state index in [9.17, 15) is 13.2 Å². The molecule has 1 fully saturated rings. The second-order valence-electron chi connectivity index (χ2n) is 5.23. The van der Waals surface area contributed by atoms with Gasteiger partial charge in [-0.05, 0) is 57.1 Å². The maximum Gasteiger partial charge on any atom is 0.229 e. The minimum absolute atomic E-state index is 0.0813. The van der Waals surface area contributed by atoms with Crippen molar-refractivity contribution in [2.75, 3.05) is 24.1 Å². The first-order valence-corrected chi connectivity index (χ1v) is 8.62. The molecule has 1 aromatic rings. The number of nitrogens with zero attached hydrogens (tertiary/aromatic N) is 1. The van der Waals surface area contributed by atoms with Gasteiger partial charge in [0, 0.05) is 11.3 Å². The van der Waals surface area contributed by atoms with Crippen LogP contribution in [-0.2, 0) is 10.0 Å². The molecule has 6 heteroatoms. The zero-order valence-electron chi connectivity index (χ0n) is 11.8. The lowest BCUT2D eigenvalue weighted by Gasteiger charge is -2.22. The van der Waals surface area contributed by atoms with Crippen LogP contribution in [-0.4, -0.2) is 44.5 Å². The highest BCUT2D eigenvalue weighted by molar-refractivity contribution is 7.92. The molecule has 110 valence electrons. The minimum atomic E-state index is -3.28. The van der Waals surface area contributed by atoms with Crippen molar-refractivity contribution in [1.29, 1.82) is 0 Å². The third kappa shape index (κ3) is 3.80. The molecule has 0 bridgehead atoms. The maximum absolute atomic E-state index is 12.3. The van der Waals surface area contributed by atoms with Crippen LogP contribution in [0.5, 0.6) is 0 Å². The van der Waals surface area contributed by atoms with E-state index in [0.717, 1.165) is 32.2 Å². The molecule has 1 N–H and O–H groups in total. The second kappa shape index (κ2) is 5.93. The number of Topliss-reactive ketones (excluding diaryl/α,β-unsaturated/α-hetero) is 1. The molecule has 0 radical (unpaired) electrons. The van der Waals surface area contributed by atoms with Crippen molar-refractivity contribution in [2.24, 2.45) is 0 Å². The summed E-state index contributed by atoms with van der Waals surface area (Å²) in [7, 11) is -3.28. The standard InChI is InChI=1S/C14H20N2O3S/c1-11(16-9-3-4-10-16)14(17)12-5-7-13(8-6-12)15-20(2,18)19/h5-8,11,15H,3-4,9-10H2,1-2H3. The van der Waals surface area contributed by atoms with Crippen LogP contribution in [0, 0.1) is 0 Å². The number of benzene rings is 1. The lowest BCUT2D eigenvalue weighted by molar-refractivity contribution is 0.0867. The monoisotopic (exact) mass is 296 g/mol. The first kappa shape index (κ1) is 15.0. The Kier molecular flexibility index (Phi) is 4.45. The van der Waals surface area contributed by atoms with Crippen LogP contribution in [0.15, 0.2) is 24.3 Å². The van der Waals surface area contributed by atoms with E-state index >= 15 is 0 Å². The summed E-state index contributed by atoms with van der Waals surface area (Å²) in [4.78, 5) is 14.5. The predicted octanol–water partition coefficient (Wildman–Crippen LogP) is 1.73. The van der Waals surface area contributed by atoms with Crippen LogP contribution in [0.25, 0.3) is 0 Å². The Balaban J connectivity index is 2.07. The summed E-state index contributed by atoms with van der Waals surface area (Å²) in [5.74, 6) is 0.0813. The summed E-state index contributed by atoms with van der Waals surface area (Å²) in [5, 5.41) is 0. The molecule has 1 atom stereocenters. The van der Waals surface area contributed by atoms with E-state index in [1.807, 2.05) is 6.92 Å². The fourth-order valence-corrected chi connectivity index (χ4v) is 3.02. The number of hydrogen-bond donors (Lipinski definition) is 1. The lowest BCUT2D eigenvalue weighted by atomic mass is 10.0. The van der Waals surface area contributed by atoms with Gasteiger partial charge in [-0.25, -0.2) is 8.42 Å². The molecule has 0 aliphatic carbocycles. The van der Waals surface area contributed by atoms with Crippen molar-refractivity contribution in [1.82, 2.24) is 4.90 Å². The van der Waals surface area contributed by atoms with Gasteiger partial charge in [0.1, 0.15) is 0 Å². The predicted molar refractivity (Wildman–Crippen MR) is 79.5 cm³/mol. The number of nitrogens with one attached hydrogen (secondary N) is 1. The number of ketones is 1. The summed E-state index contributed by atoms with van der Waals surface area (Å²) in [6.07, 6.45) is 3.39. The highest BCUT2D eigenvalue weighted by atomic mass is 32.2. The number of rotatable bonds is 5. The zero-order chi connectivity index (χ0) is 14.8. The third-order valence-electron chi connectivity index (χ3n) is 3.54. The Hall–Kier alpha value is -1.40. The molecule has 0 spiro atoms. The largest absolute Gasteiger partial charge is 0.294 e. The average Bonchev–Trinajstić information content (AvgIpc) is 2.90. The Morgan fingerprint density at radius 3 is 2.25 bits per heavy atom. The summed E-state index contributed by atoms with van der Waals surface area (Å²) in [6, 6.07) is 6.45. The topological polar surface area (TPSA) is 66.5 Å². The molecule has 5 nitrogen and oxygen atoms in total. The molecule has 1 unspecified atom stereocenters. The third-order valence-corrected chi connectivity index (χ3v) is 4.15. The van der Waals surface area contributed by atoms with Crippen molar-refractivity contribution in [3.05, 3.63) is 29.8 Å². The Labute approximate surface area is 120 Å². The summed E-state index contributed by atoms with van der Waals surface area (Å²) >= 11 is 0. The van der Waals surface area contributed by atoms with Crippen molar-refractivity contribution < 1.29 is 13.2 Å². The van der Waals surface area contributed by atoms with Gasteiger partial charge in [0.2, 0.25) is 10.0 Å². The molecule has 1 saturated heterocycles. The van der Waals surface area contributed by atoms with Crippen LogP contribution in [0.3, 0.4) is 0 Å². The molecule has 1 aromatic carbocycles. The maximum atomic E-state index is 12.3. The first-order chi connectivity index (χ1) is 9.37. The average molecular weight is 296 g/mol. The Morgan fingerprint density at radius 2 is 1.75 bits per heavy atom. The number of carbonyl (C=O) groups is 1. The van der Waals surface area contributed by atoms with E-state index in [4.69, 9.17) is 0 Å². The zero-order valence-corrected chi connectivity index (χ0v) is 12.6. The van der Waals surface area contributed by atoms with Gasteiger partial charge >= 0.3 is 0 Å². The quantitative estimate of drug-likeness (QED) is 0.840. The number of sulfonamides is 1. The van der Waals surface area contributed by atoms with Crippen molar-refractivity contribution >= 4 is 21.5 Å². The van der Waals surface area contributed by atoms with E-state index in [-0.39, 0.29) is 11.8 Å². The van der Waals surface area contributed by atoms with E-state index < -0.39 is 10.0 Å². The summed E-state index contributed by atoms with van der Waals surface area (Å²) in [6.45, 7) is 3.87. The number of carbonyl (C=O) groups excluding carboxylic acids is 1. The molecule has 0 amide bonds. The summed E-state index contributed by atoms with van der Waals surface area (Å²) in [5.41, 5.74) is 1.08. The summed E-state index contributed by atoms with van der Waals surface area (Å²) < 4.78 is 24.6. The van der Waals surface area contributed by atoms with Crippen LogP contribution >= 0.6 is 0 Å². The molecule has 2 rings (SSSR count). The normalized spacial score (nSPS) is 17.9. The molecule has 1 heterocycles. The van der Waals surface area contributed by atoms with Gasteiger partial charge in [-0.3, -0.25) is 14.4 Å². The van der Waals surface area contributed by atoms with E-state index in [0.29, 0.717) is 11.3 Å². The van der Waals surface area contributed by atoms with Gasteiger partial charge in [-0.1, -0.05) is 0 Å². The first-order valence-electron chi connectivity index (χ1n) is 6.73. The van der Waals surface area contributed by atoms with E-state index in [2.05, 4.69) is 9.62 Å². The highest BCUT2D eigenvalue weighted by Gasteiger charge is 2.24. The van der Waals surface area contributed by atoms with Gasteiger partial charge in [0.15, 0.2) is 5.78 Å². The fourth-order valence-electron chi connectivity index (χ4n) is 2.45. The van der Waals surface area contributed by atoms with Gasteiger partial charge in [-0.15, -0.1) is 0 Å². The van der Waals surface area contributed by atoms with Crippen LogP contribution < -0.4 is 4.72 Å². The van der Waals surface area contributed by atoms with E-state index in [1.54, 1.807) is 24.3 Å². The molecule has 1 aliphatic heterocycles. The van der Waals surface area contributed by atoms with E-state index in [1.165, 1.54) is 0 Å². The fraction of sp³-hybridized carbons (Fsp3) is 0.500. The molecular weight excluding hydrogens is 276 g/mol. The highest BCUT2D eigenvalue weighted by Crippen LogP contribution is 2.17. The Morgan fingerprint density at radius 1 is 1.20 bits per heavy atom. The van der Waals surface area contributed by atoms with Gasteiger partial charge in [-0.2, -0.15) is 0 Å². The molecule has 20 heavy (non-hydrogen) atoms. The van der Waals surface area contributed by atoms with Crippen molar-refractivity contribution in [2.45, 2.75) is 25.8 Å². The van der Waals surface area contributed by atoms with Gasteiger partial charge in [0.05, 0.1) is 12.3 Å². The molecule has 0 saturated carbocycles. The van der Waals surface area contributed by atoms with Crippen molar-refractivity contribution in [3.8, 4) is 0 Å². The second-order valence-corrected chi connectivity index (χ2v) is 6.98.